The van der Waals surface area contributed by atoms with E-state index < -0.39 is 23.1 Å². The molecule has 1 aliphatic rings. The van der Waals surface area contributed by atoms with Gasteiger partial charge in [0.2, 0.25) is 0 Å². The highest BCUT2D eigenvalue weighted by Gasteiger charge is 2.39. The number of aliphatic hydroxyl groups excluding tert-OH is 1. The number of anilines is 1. The van der Waals surface area contributed by atoms with Crippen LogP contribution in [0.4, 0.5) is 18.9 Å². The molecule has 0 aromatic heterocycles. The lowest BCUT2D eigenvalue weighted by atomic mass is 9.93. The third kappa shape index (κ3) is 7.29. The number of benzene rings is 2. The molecule has 0 atom stereocenters. The summed E-state index contributed by atoms with van der Waals surface area (Å²) in [6.45, 7) is 2.40. The molecule has 0 unspecified atom stereocenters. The fraction of sp³-hybridized carbons (Fsp3) is 0.481. The number of allylic oxidation sites excluding steroid dienone is 2. The van der Waals surface area contributed by atoms with Crippen molar-refractivity contribution in [2.45, 2.75) is 38.3 Å². The molecule has 2 aromatic carbocycles. The Morgan fingerprint density at radius 3 is 2.42 bits per heavy atom. The summed E-state index contributed by atoms with van der Waals surface area (Å²) in [5, 5.41) is 19.7. The quantitative estimate of drug-likeness (QED) is 0.248. The van der Waals surface area contributed by atoms with E-state index in [1.807, 2.05) is 18.2 Å². The highest BCUT2D eigenvalue weighted by Crippen LogP contribution is 2.39. The van der Waals surface area contributed by atoms with Crippen molar-refractivity contribution in [3.63, 3.8) is 0 Å². The maximum atomic E-state index is 14.2. The average molecular weight is 505 g/mol. The van der Waals surface area contributed by atoms with Gasteiger partial charge in [0, 0.05) is 37.2 Å². The molecule has 0 spiro atoms. The highest BCUT2D eigenvalue weighted by atomic mass is 19.4. The average Bonchev–Trinajstić information content (AvgIpc) is 2.87. The van der Waals surface area contributed by atoms with E-state index in [0.29, 0.717) is 5.39 Å². The van der Waals surface area contributed by atoms with Crippen molar-refractivity contribution in [2.75, 3.05) is 51.0 Å². The number of nitrogens with zero attached hydrogens (tertiary/aromatic N) is 2. The molecule has 6 nitrogen and oxygen atoms in total. The number of piperidine rings is 1. The summed E-state index contributed by atoms with van der Waals surface area (Å²) in [5.41, 5.74) is -1.42. The maximum absolute atomic E-state index is 14.2. The first-order valence-corrected chi connectivity index (χ1v) is 12.2. The molecular formula is C27H31F3N2O4. The predicted octanol–water partition coefficient (Wildman–Crippen LogP) is 5.04. The van der Waals surface area contributed by atoms with Gasteiger partial charge in [0.25, 0.3) is 0 Å². The molecule has 3 rings (SSSR count). The van der Waals surface area contributed by atoms with Crippen molar-refractivity contribution in [1.82, 2.24) is 0 Å². The van der Waals surface area contributed by atoms with Gasteiger partial charge in [-0.2, -0.15) is 18.4 Å². The number of aliphatic hydroxyl groups is 1. The first kappa shape index (κ1) is 27.7. The minimum atomic E-state index is -4.88. The molecule has 194 valence electrons. The van der Waals surface area contributed by atoms with Crippen LogP contribution in [0, 0.1) is 11.3 Å². The van der Waals surface area contributed by atoms with Crippen molar-refractivity contribution in [3.8, 4) is 6.07 Å². The predicted molar refractivity (Wildman–Crippen MR) is 132 cm³/mol. The maximum Gasteiger partial charge on any atom is 0.418 e. The van der Waals surface area contributed by atoms with Gasteiger partial charge in [0.15, 0.2) is 5.78 Å². The Morgan fingerprint density at radius 1 is 1.03 bits per heavy atom. The van der Waals surface area contributed by atoms with Crippen LogP contribution in [-0.2, 0) is 14.3 Å². The van der Waals surface area contributed by atoms with E-state index in [2.05, 4.69) is 4.90 Å². The standard InChI is InChI=1S/C27H31F3N2O4/c28-27(29,30)26(23(19-31)25(34)8-5-14-35-16-17-36-15-13-33)21-10-9-20-6-4-7-24(22(20)18-21)32-11-2-1-3-12-32/h4,6-7,9-10,18,33H,1-3,5,8,11-17H2/b26-23-. The van der Waals surface area contributed by atoms with E-state index in [-0.39, 0.29) is 51.4 Å². The molecule has 0 saturated carbocycles. The lowest BCUT2D eigenvalue weighted by molar-refractivity contribution is -0.116. The second-order valence-electron chi connectivity index (χ2n) is 8.60. The Labute approximate surface area is 208 Å². The number of fused-ring (bicyclic) bond motifs is 1. The minimum Gasteiger partial charge on any atom is -0.394 e. The largest absolute Gasteiger partial charge is 0.418 e. The van der Waals surface area contributed by atoms with Crippen molar-refractivity contribution in [3.05, 3.63) is 47.5 Å². The molecular weight excluding hydrogens is 473 g/mol. The zero-order valence-electron chi connectivity index (χ0n) is 20.1. The van der Waals surface area contributed by atoms with Crippen molar-refractivity contribution in [2.24, 2.45) is 0 Å². The van der Waals surface area contributed by atoms with Crippen molar-refractivity contribution < 1.29 is 32.5 Å². The summed E-state index contributed by atoms with van der Waals surface area (Å²) in [6.07, 6.45) is -1.77. The summed E-state index contributed by atoms with van der Waals surface area (Å²) in [4.78, 5) is 14.9. The zero-order valence-corrected chi connectivity index (χ0v) is 20.1. The molecule has 1 N–H and O–H groups in total. The number of carbonyl (C=O) groups excluding carboxylic acids is 1. The van der Waals surface area contributed by atoms with Gasteiger partial charge in [0.05, 0.1) is 32.0 Å². The van der Waals surface area contributed by atoms with Crippen LogP contribution in [0.2, 0.25) is 0 Å². The van der Waals surface area contributed by atoms with E-state index in [1.165, 1.54) is 18.2 Å². The summed E-state index contributed by atoms with van der Waals surface area (Å²) in [7, 11) is 0. The molecule has 36 heavy (non-hydrogen) atoms. The Morgan fingerprint density at radius 2 is 1.75 bits per heavy atom. The molecule has 9 heteroatoms. The lowest BCUT2D eigenvalue weighted by Crippen LogP contribution is -2.29. The van der Waals surface area contributed by atoms with Gasteiger partial charge in [-0.25, -0.2) is 0 Å². The van der Waals surface area contributed by atoms with Gasteiger partial charge in [-0.05, 0) is 48.8 Å². The highest BCUT2D eigenvalue weighted by molar-refractivity contribution is 6.08. The van der Waals surface area contributed by atoms with Crippen LogP contribution in [0.1, 0.15) is 37.7 Å². The number of ether oxygens (including phenoxy) is 2. The summed E-state index contributed by atoms with van der Waals surface area (Å²) < 4.78 is 53.0. The first-order valence-electron chi connectivity index (χ1n) is 12.2. The molecule has 1 saturated heterocycles. The number of rotatable bonds is 12. The number of ketones is 1. The molecule has 1 fully saturated rings. The van der Waals surface area contributed by atoms with Gasteiger partial charge in [-0.15, -0.1) is 0 Å². The molecule has 1 heterocycles. The molecule has 0 bridgehead atoms. The Bertz CT molecular complexity index is 1100. The number of nitriles is 1. The van der Waals surface area contributed by atoms with Gasteiger partial charge in [-0.1, -0.05) is 24.3 Å². The third-order valence-electron chi connectivity index (χ3n) is 6.07. The molecule has 0 aliphatic carbocycles. The third-order valence-corrected chi connectivity index (χ3v) is 6.07. The van der Waals surface area contributed by atoms with Crippen LogP contribution in [0.15, 0.2) is 42.0 Å². The minimum absolute atomic E-state index is 0.101. The lowest BCUT2D eigenvalue weighted by Gasteiger charge is -2.30. The van der Waals surface area contributed by atoms with Gasteiger partial charge < -0.3 is 19.5 Å². The van der Waals surface area contributed by atoms with E-state index >= 15 is 0 Å². The number of carbonyl (C=O) groups is 1. The Hall–Kier alpha value is -2.93. The van der Waals surface area contributed by atoms with Crippen LogP contribution < -0.4 is 4.90 Å². The number of halogens is 3. The molecule has 2 aromatic rings. The fourth-order valence-electron chi connectivity index (χ4n) is 4.38. The van der Waals surface area contributed by atoms with Crippen LogP contribution in [0.25, 0.3) is 16.3 Å². The Balaban J connectivity index is 1.85. The number of hydrogen-bond donors (Lipinski definition) is 1. The van der Waals surface area contributed by atoms with E-state index in [1.54, 1.807) is 6.07 Å². The summed E-state index contributed by atoms with van der Waals surface area (Å²) >= 11 is 0. The Kier molecular flexibility index (Phi) is 10.3. The zero-order chi connectivity index (χ0) is 26.0. The number of Topliss-reactive ketones (excluding diaryl/α,β-unsaturated/α-hetero) is 1. The van der Waals surface area contributed by atoms with Gasteiger partial charge in [0.1, 0.15) is 11.6 Å². The fourth-order valence-corrected chi connectivity index (χ4v) is 4.38. The monoisotopic (exact) mass is 504 g/mol. The summed E-state index contributed by atoms with van der Waals surface area (Å²) in [6, 6.07) is 11.5. The SMILES string of the molecule is N#C/C(C(=O)CCCOCCOCCO)=C(\c1ccc2cccc(N3CCCCC3)c2c1)C(F)(F)F. The second-order valence-corrected chi connectivity index (χ2v) is 8.60. The number of alkyl halides is 3. The first-order chi connectivity index (χ1) is 17.4. The van der Waals surface area contributed by atoms with E-state index in [4.69, 9.17) is 14.6 Å². The van der Waals surface area contributed by atoms with Gasteiger partial charge in [-0.3, -0.25) is 4.79 Å². The van der Waals surface area contributed by atoms with Crippen molar-refractivity contribution >= 4 is 27.8 Å². The number of hydrogen-bond acceptors (Lipinski definition) is 6. The van der Waals surface area contributed by atoms with E-state index in [0.717, 1.165) is 43.4 Å². The summed E-state index contributed by atoms with van der Waals surface area (Å²) in [5.74, 6) is -0.866. The van der Waals surface area contributed by atoms with Crippen LogP contribution in [0.5, 0.6) is 0 Å². The van der Waals surface area contributed by atoms with Crippen LogP contribution in [-0.4, -0.2) is 63.2 Å². The topological polar surface area (TPSA) is 82.8 Å². The smallest absolute Gasteiger partial charge is 0.394 e. The van der Waals surface area contributed by atoms with E-state index in [9.17, 15) is 23.2 Å². The van der Waals surface area contributed by atoms with Crippen LogP contribution >= 0.6 is 0 Å². The van der Waals surface area contributed by atoms with Crippen molar-refractivity contribution in [1.29, 1.82) is 5.26 Å². The molecule has 0 radical (unpaired) electrons. The molecule has 1 aliphatic heterocycles. The van der Waals surface area contributed by atoms with Gasteiger partial charge >= 0.3 is 6.18 Å². The molecule has 0 amide bonds. The van der Waals surface area contributed by atoms with Crippen LogP contribution in [0.3, 0.4) is 0 Å². The second kappa shape index (κ2) is 13.4. The normalized spacial score (nSPS) is 15.0.